The predicted octanol–water partition coefficient (Wildman–Crippen LogP) is 4.43. The number of carbonyl (C=O) groups excluding carboxylic acids is 1. The molecule has 8 heteroatoms. The van der Waals surface area contributed by atoms with Crippen molar-refractivity contribution in [2.24, 2.45) is 5.10 Å². The molecule has 2 aromatic carbocycles. The molecule has 30 heavy (non-hydrogen) atoms. The maximum Gasteiger partial charge on any atom is 0.271 e. The van der Waals surface area contributed by atoms with Crippen LogP contribution in [0, 0.1) is 3.57 Å². The Morgan fingerprint density at radius 1 is 1.10 bits per heavy atom. The SMILES string of the molecule is C=CCOc1ccc(C(=O)N/N=C/c2cc(I)c(OCC)c(OCC)c2)cc1OC. The largest absolute Gasteiger partial charge is 0.493 e. The van der Waals surface area contributed by atoms with Gasteiger partial charge >= 0.3 is 0 Å². The van der Waals surface area contributed by atoms with E-state index in [-0.39, 0.29) is 5.91 Å². The molecule has 0 radical (unpaired) electrons. The number of hydrogen-bond acceptors (Lipinski definition) is 6. The highest BCUT2D eigenvalue weighted by Crippen LogP contribution is 2.34. The molecule has 160 valence electrons. The summed E-state index contributed by atoms with van der Waals surface area (Å²) in [5.41, 5.74) is 3.69. The van der Waals surface area contributed by atoms with Gasteiger partial charge in [0.2, 0.25) is 0 Å². The minimum atomic E-state index is -0.370. The molecule has 0 heterocycles. The van der Waals surface area contributed by atoms with Crippen molar-refractivity contribution < 1.29 is 23.7 Å². The molecule has 0 saturated heterocycles. The van der Waals surface area contributed by atoms with Gasteiger partial charge in [0.25, 0.3) is 5.91 Å². The molecule has 0 aliphatic rings. The Bertz CT molecular complexity index is 915. The van der Waals surface area contributed by atoms with Crippen LogP contribution >= 0.6 is 22.6 Å². The van der Waals surface area contributed by atoms with Gasteiger partial charge in [-0.05, 0) is 72.3 Å². The molecule has 7 nitrogen and oxygen atoms in total. The third-order valence-corrected chi connectivity index (χ3v) is 4.58. The maximum absolute atomic E-state index is 12.4. The second-order valence-corrected chi connectivity index (χ2v) is 7.02. The van der Waals surface area contributed by atoms with Crippen molar-refractivity contribution in [3.05, 3.63) is 57.7 Å². The molecule has 0 atom stereocenters. The number of hydrazone groups is 1. The average molecular weight is 524 g/mol. The molecule has 2 rings (SSSR count). The molecule has 0 bridgehead atoms. The summed E-state index contributed by atoms with van der Waals surface area (Å²) in [6.07, 6.45) is 3.19. The van der Waals surface area contributed by atoms with Crippen molar-refractivity contribution in [3.8, 4) is 23.0 Å². The summed E-state index contributed by atoms with van der Waals surface area (Å²) in [5, 5.41) is 4.05. The number of ether oxygens (including phenoxy) is 4. The molecule has 0 aliphatic carbocycles. The van der Waals surface area contributed by atoms with E-state index < -0.39 is 0 Å². The first-order chi connectivity index (χ1) is 14.5. The lowest BCUT2D eigenvalue weighted by Crippen LogP contribution is -2.17. The molecular weight excluding hydrogens is 499 g/mol. The third kappa shape index (κ3) is 6.38. The Kier molecular flexibility index (Phi) is 9.46. The highest BCUT2D eigenvalue weighted by molar-refractivity contribution is 14.1. The molecule has 2 aromatic rings. The lowest BCUT2D eigenvalue weighted by Gasteiger charge is -2.13. The van der Waals surface area contributed by atoms with Crippen LogP contribution in [-0.2, 0) is 0 Å². The topological polar surface area (TPSA) is 78.4 Å². The zero-order valence-electron chi connectivity index (χ0n) is 17.2. The smallest absolute Gasteiger partial charge is 0.271 e. The van der Waals surface area contributed by atoms with E-state index in [1.54, 1.807) is 30.5 Å². The zero-order chi connectivity index (χ0) is 21.9. The minimum absolute atomic E-state index is 0.344. The summed E-state index contributed by atoms with van der Waals surface area (Å²) < 4.78 is 23.0. The quantitative estimate of drug-likeness (QED) is 0.204. The lowest BCUT2D eigenvalue weighted by atomic mass is 10.2. The van der Waals surface area contributed by atoms with Gasteiger partial charge in [-0.25, -0.2) is 5.43 Å². The summed E-state index contributed by atoms with van der Waals surface area (Å²) in [7, 11) is 1.51. The molecule has 0 saturated carbocycles. The predicted molar refractivity (Wildman–Crippen MR) is 125 cm³/mol. The van der Waals surface area contributed by atoms with E-state index in [4.69, 9.17) is 18.9 Å². The molecular formula is C22H25IN2O5. The van der Waals surface area contributed by atoms with E-state index in [9.17, 15) is 4.79 Å². The van der Waals surface area contributed by atoms with Gasteiger partial charge in [-0.2, -0.15) is 5.10 Å². The van der Waals surface area contributed by atoms with Crippen molar-refractivity contribution >= 4 is 34.7 Å². The number of benzene rings is 2. The van der Waals surface area contributed by atoms with Gasteiger partial charge in [0, 0.05) is 5.56 Å². The summed E-state index contributed by atoms with van der Waals surface area (Å²) >= 11 is 2.18. The zero-order valence-corrected chi connectivity index (χ0v) is 19.4. The fourth-order valence-electron chi connectivity index (χ4n) is 2.52. The Morgan fingerprint density at radius 3 is 2.53 bits per heavy atom. The van der Waals surface area contributed by atoms with Crippen LogP contribution in [0.1, 0.15) is 29.8 Å². The number of methoxy groups -OCH3 is 1. The number of hydrogen-bond donors (Lipinski definition) is 1. The number of nitrogens with one attached hydrogen (secondary N) is 1. The van der Waals surface area contributed by atoms with Gasteiger partial charge in [-0.3, -0.25) is 4.79 Å². The van der Waals surface area contributed by atoms with Crippen LogP contribution < -0.4 is 24.4 Å². The van der Waals surface area contributed by atoms with E-state index in [2.05, 4.69) is 39.7 Å². The summed E-state index contributed by atoms with van der Waals surface area (Å²) in [5.74, 6) is 1.96. The van der Waals surface area contributed by atoms with Crippen LogP contribution in [-0.4, -0.2) is 39.1 Å². The molecule has 0 fully saturated rings. The molecule has 1 N–H and O–H groups in total. The lowest BCUT2D eigenvalue weighted by molar-refractivity contribution is 0.0954. The third-order valence-electron chi connectivity index (χ3n) is 3.78. The van der Waals surface area contributed by atoms with Crippen molar-refractivity contribution in [3.63, 3.8) is 0 Å². The van der Waals surface area contributed by atoms with Gasteiger partial charge in [-0.15, -0.1) is 0 Å². The number of rotatable bonds is 11. The second-order valence-electron chi connectivity index (χ2n) is 5.86. The van der Waals surface area contributed by atoms with Crippen molar-refractivity contribution in [2.45, 2.75) is 13.8 Å². The van der Waals surface area contributed by atoms with Crippen molar-refractivity contribution in [1.82, 2.24) is 5.43 Å². The number of carbonyl (C=O) groups is 1. The molecule has 0 aromatic heterocycles. The number of amides is 1. The fourth-order valence-corrected chi connectivity index (χ4v) is 3.30. The monoisotopic (exact) mass is 524 g/mol. The molecule has 0 spiro atoms. The first kappa shape index (κ1) is 23.5. The van der Waals surface area contributed by atoms with Crippen LogP contribution in [0.3, 0.4) is 0 Å². The summed E-state index contributed by atoms with van der Waals surface area (Å²) in [4.78, 5) is 12.4. The normalized spacial score (nSPS) is 10.5. The van der Waals surface area contributed by atoms with Crippen LogP contribution in [0.25, 0.3) is 0 Å². The molecule has 0 aliphatic heterocycles. The number of nitrogens with zero attached hydrogens (tertiary/aromatic N) is 1. The standard InChI is InChI=1S/C22H25IN2O5/c1-5-10-30-18-9-8-16(13-19(18)27-4)22(26)25-24-14-15-11-17(23)21(29-7-3)20(12-15)28-6-2/h5,8-9,11-14H,1,6-7,10H2,2-4H3,(H,25,26)/b24-14+. The van der Waals surface area contributed by atoms with E-state index in [1.165, 1.54) is 7.11 Å². The van der Waals surface area contributed by atoms with E-state index >= 15 is 0 Å². The van der Waals surface area contributed by atoms with Crippen molar-refractivity contribution in [2.75, 3.05) is 26.9 Å². The van der Waals surface area contributed by atoms with Crippen LogP contribution in [0.4, 0.5) is 0 Å². The van der Waals surface area contributed by atoms with E-state index in [0.29, 0.717) is 48.4 Å². The van der Waals surface area contributed by atoms with Gasteiger partial charge < -0.3 is 18.9 Å². The second kappa shape index (κ2) is 12.1. The summed E-state index contributed by atoms with van der Waals surface area (Å²) in [6.45, 7) is 8.84. The molecule has 1 amide bonds. The average Bonchev–Trinajstić information content (AvgIpc) is 2.74. The van der Waals surface area contributed by atoms with E-state index in [0.717, 1.165) is 9.13 Å². The first-order valence-electron chi connectivity index (χ1n) is 9.38. The van der Waals surface area contributed by atoms with Crippen LogP contribution in [0.5, 0.6) is 23.0 Å². The number of halogens is 1. The van der Waals surface area contributed by atoms with Crippen molar-refractivity contribution in [1.29, 1.82) is 0 Å². The van der Waals surface area contributed by atoms with Crippen LogP contribution in [0.15, 0.2) is 48.1 Å². The maximum atomic E-state index is 12.4. The fraction of sp³-hybridized carbons (Fsp3) is 0.273. The summed E-state index contributed by atoms with van der Waals surface area (Å²) in [6, 6.07) is 8.62. The Morgan fingerprint density at radius 2 is 1.87 bits per heavy atom. The first-order valence-corrected chi connectivity index (χ1v) is 10.5. The highest BCUT2D eigenvalue weighted by Gasteiger charge is 2.12. The van der Waals surface area contributed by atoms with Gasteiger partial charge in [-0.1, -0.05) is 12.7 Å². The molecule has 0 unspecified atom stereocenters. The highest BCUT2D eigenvalue weighted by atomic mass is 127. The van der Waals surface area contributed by atoms with E-state index in [1.807, 2.05) is 26.0 Å². The van der Waals surface area contributed by atoms with Crippen LogP contribution in [0.2, 0.25) is 0 Å². The van der Waals surface area contributed by atoms with Gasteiger partial charge in [0.05, 0.1) is 30.1 Å². The van der Waals surface area contributed by atoms with Gasteiger partial charge in [0.1, 0.15) is 6.61 Å². The minimum Gasteiger partial charge on any atom is -0.493 e. The Labute approximate surface area is 190 Å². The Balaban J connectivity index is 2.13. The Hall–Kier alpha value is -2.75. The van der Waals surface area contributed by atoms with Gasteiger partial charge in [0.15, 0.2) is 23.0 Å².